The van der Waals surface area contributed by atoms with Gasteiger partial charge in [0.15, 0.2) is 0 Å². The number of ketones is 1. The van der Waals surface area contributed by atoms with Gasteiger partial charge in [0.25, 0.3) is 0 Å². The van der Waals surface area contributed by atoms with E-state index < -0.39 is 0 Å². The van der Waals surface area contributed by atoms with E-state index >= 15 is 0 Å². The number of carbonyl (C=O) groups excluding carboxylic acids is 2. The highest BCUT2D eigenvalue weighted by Crippen LogP contribution is 2.39. The molecule has 1 atom stereocenters. The molecule has 1 aliphatic carbocycles. The maximum Gasteiger partial charge on any atom is 0.226 e. The Morgan fingerprint density at radius 1 is 0.912 bits per heavy atom. The zero-order chi connectivity index (χ0) is 23.5. The van der Waals surface area contributed by atoms with Gasteiger partial charge in [-0.25, -0.2) is 0 Å². The summed E-state index contributed by atoms with van der Waals surface area (Å²) < 4.78 is 0. The van der Waals surface area contributed by atoms with Crippen molar-refractivity contribution in [3.63, 3.8) is 0 Å². The van der Waals surface area contributed by atoms with E-state index in [9.17, 15) is 9.59 Å². The zero-order valence-corrected chi connectivity index (χ0v) is 20.5. The van der Waals surface area contributed by atoms with Crippen LogP contribution in [0.1, 0.15) is 74.6 Å². The minimum Gasteiger partial charge on any atom is -0.335 e. The first kappa shape index (κ1) is 23.3. The van der Waals surface area contributed by atoms with Gasteiger partial charge in [0.2, 0.25) is 5.91 Å². The third-order valence-electron chi connectivity index (χ3n) is 8.83. The summed E-state index contributed by atoms with van der Waals surface area (Å²) in [4.78, 5) is 30.9. The molecule has 2 fully saturated rings. The number of hydrogen-bond acceptors (Lipinski definition) is 3. The summed E-state index contributed by atoms with van der Waals surface area (Å²) in [5.41, 5.74) is 3.57. The standard InChI is InChI=1S/C30H38N2O2/c1-23(33)30(26-12-3-2-4-13-26)17-21-31(22-18-30)19-16-28-27-14-8-7-9-24(27)15-20-32(28)29(34)25-10-5-6-11-25/h2-4,7-9,12-14,25,28H,5-6,10-11,15-22H2,1H3. The largest absolute Gasteiger partial charge is 0.335 e. The van der Waals surface area contributed by atoms with Crippen LogP contribution in [0.3, 0.4) is 0 Å². The second-order valence-corrected chi connectivity index (χ2v) is 10.6. The molecule has 1 unspecified atom stereocenters. The van der Waals surface area contributed by atoms with Crippen LogP contribution in [0.25, 0.3) is 0 Å². The average molecular weight is 459 g/mol. The van der Waals surface area contributed by atoms with Crippen molar-refractivity contribution in [1.29, 1.82) is 0 Å². The predicted octanol–water partition coefficient (Wildman–Crippen LogP) is 5.32. The first-order valence-corrected chi connectivity index (χ1v) is 13.3. The van der Waals surface area contributed by atoms with Crippen molar-refractivity contribution >= 4 is 11.7 Å². The summed E-state index contributed by atoms with van der Waals surface area (Å²) in [6, 6.07) is 19.2. The van der Waals surface area contributed by atoms with E-state index in [1.54, 1.807) is 6.92 Å². The lowest BCUT2D eigenvalue weighted by Crippen LogP contribution is -2.48. The van der Waals surface area contributed by atoms with E-state index in [0.29, 0.717) is 5.91 Å². The second kappa shape index (κ2) is 10.0. The number of fused-ring (bicyclic) bond motifs is 1. The molecule has 0 spiro atoms. The van der Waals surface area contributed by atoms with Crippen molar-refractivity contribution in [3.8, 4) is 0 Å². The minimum atomic E-state index is -0.348. The Morgan fingerprint density at radius 2 is 1.59 bits per heavy atom. The first-order valence-electron chi connectivity index (χ1n) is 13.3. The summed E-state index contributed by atoms with van der Waals surface area (Å²) in [5.74, 6) is 0.896. The number of hydrogen-bond donors (Lipinski definition) is 0. The maximum absolute atomic E-state index is 13.5. The van der Waals surface area contributed by atoms with Gasteiger partial charge >= 0.3 is 0 Å². The fourth-order valence-corrected chi connectivity index (χ4v) is 6.70. The second-order valence-electron chi connectivity index (χ2n) is 10.6. The highest BCUT2D eigenvalue weighted by molar-refractivity contribution is 5.88. The molecule has 0 radical (unpaired) electrons. The van der Waals surface area contributed by atoms with Crippen LogP contribution < -0.4 is 0 Å². The highest BCUT2D eigenvalue weighted by atomic mass is 16.2. The van der Waals surface area contributed by atoms with Crippen LogP contribution in [-0.2, 0) is 21.4 Å². The summed E-state index contributed by atoms with van der Waals surface area (Å²) in [7, 11) is 0. The molecular weight excluding hydrogens is 420 g/mol. The van der Waals surface area contributed by atoms with Gasteiger partial charge in [0.05, 0.1) is 11.5 Å². The summed E-state index contributed by atoms with van der Waals surface area (Å²) in [6.45, 7) is 5.43. The fraction of sp³-hybridized carbons (Fsp3) is 0.533. The molecule has 5 rings (SSSR count). The van der Waals surface area contributed by atoms with Gasteiger partial charge in [-0.15, -0.1) is 0 Å². The number of likely N-dealkylation sites (tertiary alicyclic amines) is 1. The molecule has 0 bridgehead atoms. The van der Waals surface area contributed by atoms with Gasteiger partial charge in [-0.3, -0.25) is 9.59 Å². The number of Topliss-reactive ketones (excluding diaryl/α,β-unsaturated/α-hetero) is 1. The van der Waals surface area contributed by atoms with Crippen molar-refractivity contribution in [1.82, 2.24) is 9.80 Å². The number of amides is 1. The number of piperidine rings is 1. The summed E-state index contributed by atoms with van der Waals surface area (Å²) >= 11 is 0. The normalized spacial score (nSPS) is 23.0. The molecule has 2 aromatic rings. The monoisotopic (exact) mass is 458 g/mol. The van der Waals surface area contributed by atoms with E-state index in [1.807, 2.05) is 18.2 Å². The topological polar surface area (TPSA) is 40.6 Å². The Hall–Kier alpha value is -2.46. The maximum atomic E-state index is 13.5. The Labute approximate surface area is 204 Å². The lowest BCUT2D eigenvalue weighted by Gasteiger charge is -2.43. The molecule has 180 valence electrons. The molecule has 1 saturated carbocycles. The minimum absolute atomic E-state index is 0.173. The predicted molar refractivity (Wildman–Crippen MR) is 136 cm³/mol. The van der Waals surface area contributed by atoms with Crippen molar-refractivity contribution in [2.24, 2.45) is 5.92 Å². The van der Waals surface area contributed by atoms with Crippen LogP contribution >= 0.6 is 0 Å². The summed E-state index contributed by atoms with van der Waals surface area (Å²) in [6.07, 6.45) is 8.18. The summed E-state index contributed by atoms with van der Waals surface area (Å²) in [5, 5.41) is 0. The Bertz CT molecular complexity index is 1000. The third-order valence-corrected chi connectivity index (χ3v) is 8.83. The van der Waals surface area contributed by atoms with Crippen LogP contribution in [0.5, 0.6) is 0 Å². The quantitative estimate of drug-likeness (QED) is 0.589. The zero-order valence-electron chi connectivity index (χ0n) is 20.5. The smallest absolute Gasteiger partial charge is 0.226 e. The third kappa shape index (κ3) is 4.45. The van der Waals surface area contributed by atoms with Gasteiger partial charge in [-0.05, 0) is 75.2 Å². The molecule has 1 amide bonds. The van der Waals surface area contributed by atoms with Crippen LogP contribution in [0.2, 0.25) is 0 Å². The number of carbonyl (C=O) groups is 2. The first-order chi connectivity index (χ1) is 16.6. The molecule has 4 heteroatoms. The Balaban J connectivity index is 1.28. The van der Waals surface area contributed by atoms with E-state index in [2.05, 4.69) is 46.2 Å². The van der Waals surface area contributed by atoms with Gasteiger partial charge in [-0.2, -0.15) is 0 Å². The highest BCUT2D eigenvalue weighted by Gasteiger charge is 2.41. The molecule has 1 saturated heterocycles. The lowest BCUT2D eigenvalue weighted by molar-refractivity contribution is -0.138. The van der Waals surface area contributed by atoms with Crippen molar-refractivity contribution in [3.05, 3.63) is 71.3 Å². The van der Waals surface area contributed by atoms with Gasteiger partial charge < -0.3 is 9.80 Å². The van der Waals surface area contributed by atoms with Crippen LogP contribution in [0.4, 0.5) is 0 Å². The molecule has 2 aromatic carbocycles. The number of benzene rings is 2. The molecule has 0 aromatic heterocycles. The number of rotatable bonds is 6. The fourth-order valence-electron chi connectivity index (χ4n) is 6.70. The molecular formula is C30H38N2O2. The van der Waals surface area contributed by atoms with E-state index in [0.717, 1.165) is 70.3 Å². The van der Waals surface area contributed by atoms with Crippen molar-refractivity contribution in [2.75, 3.05) is 26.2 Å². The van der Waals surface area contributed by atoms with Crippen LogP contribution in [-0.4, -0.2) is 47.7 Å². The van der Waals surface area contributed by atoms with E-state index in [1.165, 1.54) is 24.0 Å². The molecule has 2 heterocycles. The molecule has 2 aliphatic heterocycles. The van der Waals surface area contributed by atoms with Gasteiger partial charge in [0, 0.05) is 19.0 Å². The van der Waals surface area contributed by atoms with Crippen LogP contribution in [0, 0.1) is 5.92 Å². The number of nitrogens with zero attached hydrogens (tertiary/aromatic N) is 2. The van der Waals surface area contributed by atoms with E-state index in [4.69, 9.17) is 0 Å². The van der Waals surface area contributed by atoms with E-state index in [-0.39, 0.29) is 23.2 Å². The van der Waals surface area contributed by atoms with Gasteiger partial charge in [-0.1, -0.05) is 67.4 Å². The Kier molecular flexibility index (Phi) is 6.87. The lowest BCUT2D eigenvalue weighted by atomic mass is 9.70. The molecule has 4 nitrogen and oxygen atoms in total. The van der Waals surface area contributed by atoms with Crippen molar-refractivity contribution in [2.45, 2.75) is 69.7 Å². The average Bonchev–Trinajstić information content (AvgIpc) is 3.43. The van der Waals surface area contributed by atoms with Gasteiger partial charge in [0.1, 0.15) is 5.78 Å². The molecule has 3 aliphatic rings. The SMILES string of the molecule is CC(=O)C1(c2ccccc2)CCN(CCC2c3ccccc3CCN2C(=O)C2CCCC2)CC1. The van der Waals surface area contributed by atoms with Crippen molar-refractivity contribution < 1.29 is 9.59 Å². The molecule has 34 heavy (non-hydrogen) atoms. The molecule has 0 N–H and O–H groups in total. The Morgan fingerprint density at radius 3 is 2.29 bits per heavy atom. The van der Waals surface area contributed by atoms with Crippen LogP contribution in [0.15, 0.2) is 54.6 Å².